The van der Waals surface area contributed by atoms with Crippen LogP contribution in [0.3, 0.4) is 0 Å². The van der Waals surface area contributed by atoms with Crippen LogP contribution in [-0.2, 0) is 16.0 Å². The normalized spacial score (nSPS) is 20.4. The number of fused-ring (bicyclic) bond motifs is 1. The van der Waals surface area contributed by atoms with Gasteiger partial charge in [0.1, 0.15) is 23.8 Å². The van der Waals surface area contributed by atoms with Gasteiger partial charge < -0.3 is 20.1 Å². The van der Waals surface area contributed by atoms with E-state index in [1.165, 1.54) is 28.4 Å². The van der Waals surface area contributed by atoms with E-state index in [4.69, 9.17) is 16.3 Å². The summed E-state index contributed by atoms with van der Waals surface area (Å²) in [6.45, 7) is 0.148. The van der Waals surface area contributed by atoms with Crippen LogP contribution in [0.2, 0.25) is 5.02 Å². The van der Waals surface area contributed by atoms with E-state index in [2.05, 4.69) is 15.4 Å². The van der Waals surface area contributed by atoms with Crippen molar-refractivity contribution in [1.82, 2.24) is 20.2 Å². The number of pyridine rings is 1. The van der Waals surface area contributed by atoms with E-state index in [1.807, 2.05) is 30.3 Å². The molecule has 2 aliphatic heterocycles. The maximum absolute atomic E-state index is 13.4. The second-order valence-corrected chi connectivity index (χ2v) is 8.72. The van der Waals surface area contributed by atoms with Gasteiger partial charge in [-0.2, -0.15) is 5.10 Å². The highest BCUT2D eigenvalue weighted by Crippen LogP contribution is 2.38. The minimum atomic E-state index is -1.36. The van der Waals surface area contributed by atoms with Crippen molar-refractivity contribution < 1.29 is 24.2 Å². The summed E-state index contributed by atoms with van der Waals surface area (Å²) >= 11 is 5.91. The number of benzene rings is 1. The number of piperidine rings is 1. The first-order chi connectivity index (χ1) is 16.3. The summed E-state index contributed by atoms with van der Waals surface area (Å²) < 4.78 is 5.59. The zero-order valence-electron chi connectivity index (χ0n) is 18.5. The van der Waals surface area contributed by atoms with Crippen LogP contribution in [0, 0.1) is 5.41 Å². The Hall–Kier alpha value is -3.66. The molecule has 1 aromatic heterocycles. The standard InChI is InChI=1S/C23H24ClN5O5/c1-28-21(31)23(10-15-5-3-2-4-6-15)14-29(8-7-19(23)27-28)20(30)18(26-22(32)33)13-34-17-9-16(24)11-25-12-17/h2-6,9,11-12,18,26H,7-8,10,13-14H2,1H3,(H,32,33). The maximum Gasteiger partial charge on any atom is 0.405 e. The van der Waals surface area contributed by atoms with E-state index in [0.29, 0.717) is 30.2 Å². The fourth-order valence-corrected chi connectivity index (χ4v) is 4.57. The summed E-state index contributed by atoms with van der Waals surface area (Å²) in [5.74, 6) is -0.363. The molecule has 2 aliphatic rings. The number of hydrazone groups is 1. The van der Waals surface area contributed by atoms with Gasteiger partial charge in [0, 0.05) is 38.8 Å². The van der Waals surface area contributed by atoms with Gasteiger partial charge in [-0.25, -0.2) is 9.80 Å². The van der Waals surface area contributed by atoms with E-state index in [0.717, 1.165) is 11.3 Å². The molecule has 2 atom stereocenters. The lowest BCUT2D eigenvalue weighted by Gasteiger charge is -2.40. The zero-order chi connectivity index (χ0) is 24.3. The maximum atomic E-state index is 13.4. The number of amides is 3. The molecule has 178 valence electrons. The van der Waals surface area contributed by atoms with Gasteiger partial charge in [0.05, 0.1) is 16.9 Å². The smallest absolute Gasteiger partial charge is 0.405 e. The monoisotopic (exact) mass is 485 g/mol. The number of halogens is 1. The third kappa shape index (κ3) is 4.81. The molecule has 0 bridgehead atoms. The van der Waals surface area contributed by atoms with Gasteiger partial charge in [0.15, 0.2) is 0 Å². The third-order valence-electron chi connectivity index (χ3n) is 5.96. The van der Waals surface area contributed by atoms with E-state index in [-0.39, 0.29) is 19.1 Å². The van der Waals surface area contributed by atoms with Crippen molar-refractivity contribution in [2.24, 2.45) is 10.5 Å². The third-order valence-corrected chi connectivity index (χ3v) is 6.17. The quantitative estimate of drug-likeness (QED) is 0.618. The average Bonchev–Trinajstić information content (AvgIpc) is 3.06. The fraction of sp³-hybridized carbons (Fsp3) is 0.348. The van der Waals surface area contributed by atoms with E-state index < -0.39 is 23.5 Å². The van der Waals surface area contributed by atoms with Crippen LogP contribution < -0.4 is 10.1 Å². The largest absolute Gasteiger partial charge is 0.489 e. The number of hydrogen-bond acceptors (Lipinski definition) is 6. The lowest BCUT2D eigenvalue weighted by atomic mass is 9.73. The van der Waals surface area contributed by atoms with Crippen molar-refractivity contribution in [2.75, 3.05) is 26.7 Å². The number of likely N-dealkylation sites (tertiary alicyclic amines) is 1. The molecule has 1 saturated heterocycles. The summed E-state index contributed by atoms with van der Waals surface area (Å²) in [5, 5.41) is 17.6. The molecule has 2 unspecified atom stereocenters. The summed E-state index contributed by atoms with van der Waals surface area (Å²) in [7, 11) is 1.61. The van der Waals surface area contributed by atoms with Gasteiger partial charge in [-0.1, -0.05) is 41.9 Å². The molecular weight excluding hydrogens is 462 g/mol. The van der Waals surface area contributed by atoms with Gasteiger partial charge in [-0.3, -0.25) is 14.6 Å². The number of aromatic nitrogens is 1. The van der Waals surface area contributed by atoms with Crippen molar-refractivity contribution in [3.8, 4) is 5.75 Å². The second-order valence-electron chi connectivity index (χ2n) is 8.28. The van der Waals surface area contributed by atoms with Crippen LogP contribution in [0.1, 0.15) is 12.0 Å². The molecule has 0 spiro atoms. The van der Waals surface area contributed by atoms with Crippen molar-refractivity contribution in [2.45, 2.75) is 18.9 Å². The highest BCUT2D eigenvalue weighted by Gasteiger charge is 2.53. The topological polar surface area (TPSA) is 124 Å². The Kier molecular flexibility index (Phi) is 6.69. The molecule has 1 fully saturated rings. The molecule has 3 heterocycles. The van der Waals surface area contributed by atoms with Crippen LogP contribution in [0.15, 0.2) is 53.9 Å². The lowest BCUT2D eigenvalue weighted by molar-refractivity contribution is -0.141. The Labute approximate surface area is 201 Å². The summed E-state index contributed by atoms with van der Waals surface area (Å²) in [5.41, 5.74) is 0.692. The van der Waals surface area contributed by atoms with Gasteiger partial charge >= 0.3 is 6.09 Å². The molecule has 0 aliphatic carbocycles. The van der Waals surface area contributed by atoms with Crippen molar-refractivity contribution in [3.63, 3.8) is 0 Å². The molecular formula is C23H24ClN5O5. The Bertz CT molecular complexity index is 1130. The molecule has 3 amide bonds. The van der Waals surface area contributed by atoms with Gasteiger partial charge in [-0.15, -0.1) is 0 Å². The molecule has 0 radical (unpaired) electrons. The number of rotatable bonds is 7. The van der Waals surface area contributed by atoms with Crippen LogP contribution >= 0.6 is 11.6 Å². The molecule has 34 heavy (non-hydrogen) atoms. The molecule has 0 saturated carbocycles. The van der Waals surface area contributed by atoms with Crippen molar-refractivity contribution in [1.29, 1.82) is 0 Å². The predicted octanol–water partition coefficient (Wildman–Crippen LogP) is 2.04. The number of ether oxygens (including phenoxy) is 1. The zero-order valence-corrected chi connectivity index (χ0v) is 19.2. The van der Waals surface area contributed by atoms with Gasteiger partial charge in [0.25, 0.3) is 5.91 Å². The van der Waals surface area contributed by atoms with E-state index >= 15 is 0 Å². The minimum Gasteiger partial charge on any atom is -0.489 e. The molecule has 11 heteroatoms. The second kappa shape index (κ2) is 9.68. The minimum absolute atomic E-state index is 0.0965. The first-order valence-electron chi connectivity index (χ1n) is 10.7. The van der Waals surface area contributed by atoms with Gasteiger partial charge in [0.2, 0.25) is 5.91 Å². The first kappa shape index (κ1) is 23.5. The fourth-order valence-electron chi connectivity index (χ4n) is 4.41. The summed E-state index contributed by atoms with van der Waals surface area (Å²) in [6.07, 6.45) is 2.29. The average molecular weight is 486 g/mol. The highest BCUT2D eigenvalue weighted by molar-refractivity contribution is 6.30. The van der Waals surface area contributed by atoms with Crippen molar-refractivity contribution >= 4 is 35.2 Å². The molecule has 1 aromatic carbocycles. The number of carboxylic acid groups (broad SMARTS) is 1. The SMILES string of the molecule is CN1N=C2CCN(C(=O)C(COc3cncc(Cl)c3)NC(=O)O)CC2(Cc2ccccc2)C1=O. The van der Waals surface area contributed by atoms with E-state index in [9.17, 15) is 19.5 Å². The Balaban J connectivity index is 1.55. The van der Waals surface area contributed by atoms with Crippen LogP contribution in [0.25, 0.3) is 0 Å². The van der Waals surface area contributed by atoms with Crippen LogP contribution in [0.4, 0.5) is 4.79 Å². The van der Waals surface area contributed by atoms with Crippen LogP contribution in [-0.4, -0.2) is 76.4 Å². The van der Waals surface area contributed by atoms with Gasteiger partial charge in [-0.05, 0) is 12.0 Å². The van der Waals surface area contributed by atoms with Crippen molar-refractivity contribution in [3.05, 3.63) is 59.4 Å². The van der Waals surface area contributed by atoms with Crippen LogP contribution in [0.5, 0.6) is 5.75 Å². The Morgan fingerprint density at radius 3 is 2.76 bits per heavy atom. The number of hydrogen-bond donors (Lipinski definition) is 2. The Morgan fingerprint density at radius 2 is 2.06 bits per heavy atom. The Morgan fingerprint density at radius 1 is 1.29 bits per heavy atom. The lowest BCUT2D eigenvalue weighted by Crippen LogP contribution is -2.59. The first-order valence-corrected chi connectivity index (χ1v) is 11.1. The molecule has 10 nitrogen and oxygen atoms in total. The number of carbonyl (C=O) groups is 3. The van der Waals surface area contributed by atoms with E-state index in [1.54, 1.807) is 7.05 Å². The number of carbonyl (C=O) groups excluding carboxylic acids is 2. The molecule has 2 N–H and O–H groups in total. The summed E-state index contributed by atoms with van der Waals surface area (Å²) in [4.78, 5) is 43.5. The predicted molar refractivity (Wildman–Crippen MR) is 124 cm³/mol. The molecule has 4 rings (SSSR count). The molecule has 2 aromatic rings. The number of nitrogens with one attached hydrogen (secondary N) is 1. The summed E-state index contributed by atoms with van der Waals surface area (Å²) in [6, 6.07) is 9.88. The number of nitrogens with zero attached hydrogens (tertiary/aromatic N) is 4. The highest BCUT2D eigenvalue weighted by atomic mass is 35.5.